The van der Waals surface area contributed by atoms with Crippen LogP contribution in [-0.2, 0) is 0 Å². The Morgan fingerprint density at radius 2 is 2.22 bits per heavy atom. The van der Waals surface area contributed by atoms with Crippen LogP contribution in [0.15, 0.2) is 27.1 Å². The zero-order chi connectivity index (χ0) is 13.1. The van der Waals surface area contributed by atoms with E-state index in [2.05, 4.69) is 31.4 Å². The summed E-state index contributed by atoms with van der Waals surface area (Å²) in [6, 6.07) is 4.94. The highest BCUT2D eigenvalue weighted by Gasteiger charge is 2.18. The maximum Gasteiger partial charge on any atom is 0.250 e. The SMILES string of the molecule is CCC(NC)c1nnc(-c2cccc(Br)c2F)o1. The first-order valence-corrected chi connectivity index (χ1v) is 6.41. The summed E-state index contributed by atoms with van der Waals surface area (Å²) in [6.45, 7) is 2.00. The molecule has 0 bridgehead atoms. The van der Waals surface area contributed by atoms with E-state index >= 15 is 0 Å². The molecule has 0 aliphatic rings. The molecule has 1 aromatic carbocycles. The van der Waals surface area contributed by atoms with Crippen LogP contribution >= 0.6 is 15.9 Å². The number of rotatable bonds is 4. The lowest BCUT2D eigenvalue weighted by Gasteiger charge is -2.07. The van der Waals surface area contributed by atoms with Crippen molar-refractivity contribution in [1.82, 2.24) is 15.5 Å². The Bertz CT molecular complexity index is 540. The number of benzene rings is 1. The lowest BCUT2D eigenvalue weighted by Crippen LogP contribution is -2.15. The minimum Gasteiger partial charge on any atom is -0.419 e. The molecule has 4 nitrogen and oxygen atoms in total. The average molecular weight is 314 g/mol. The molecule has 0 spiro atoms. The second-order valence-corrected chi connectivity index (χ2v) is 4.65. The quantitative estimate of drug-likeness (QED) is 0.941. The third kappa shape index (κ3) is 2.44. The van der Waals surface area contributed by atoms with Gasteiger partial charge in [0.05, 0.1) is 16.1 Å². The van der Waals surface area contributed by atoms with Gasteiger partial charge in [-0.15, -0.1) is 10.2 Å². The average Bonchev–Trinajstić information content (AvgIpc) is 2.84. The van der Waals surface area contributed by atoms with Crippen molar-refractivity contribution in [3.63, 3.8) is 0 Å². The second-order valence-electron chi connectivity index (χ2n) is 3.80. The van der Waals surface area contributed by atoms with Crippen molar-refractivity contribution in [3.05, 3.63) is 34.4 Å². The lowest BCUT2D eigenvalue weighted by atomic mass is 10.2. The van der Waals surface area contributed by atoms with Crippen LogP contribution in [0.3, 0.4) is 0 Å². The molecule has 0 fully saturated rings. The fourth-order valence-corrected chi connectivity index (χ4v) is 2.02. The Hall–Kier alpha value is -1.27. The van der Waals surface area contributed by atoms with E-state index in [0.29, 0.717) is 15.9 Å². The Morgan fingerprint density at radius 3 is 2.89 bits per heavy atom. The number of aromatic nitrogens is 2. The van der Waals surface area contributed by atoms with E-state index in [1.165, 1.54) is 0 Å². The van der Waals surface area contributed by atoms with Gasteiger partial charge in [0.15, 0.2) is 0 Å². The summed E-state index contributed by atoms with van der Waals surface area (Å²) in [5, 5.41) is 10.9. The Morgan fingerprint density at radius 1 is 1.44 bits per heavy atom. The van der Waals surface area contributed by atoms with Crippen LogP contribution in [-0.4, -0.2) is 17.2 Å². The summed E-state index contributed by atoms with van der Waals surface area (Å²) in [4.78, 5) is 0. The zero-order valence-corrected chi connectivity index (χ0v) is 11.7. The van der Waals surface area contributed by atoms with E-state index in [9.17, 15) is 4.39 Å². The van der Waals surface area contributed by atoms with Crippen LogP contribution in [0.4, 0.5) is 4.39 Å². The van der Waals surface area contributed by atoms with Crippen molar-refractivity contribution in [2.45, 2.75) is 19.4 Å². The molecule has 18 heavy (non-hydrogen) atoms. The first-order valence-electron chi connectivity index (χ1n) is 5.62. The number of nitrogens with zero attached hydrogens (tertiary/aromatic N) is 2. The number of halogens is 2. The van der Waals surface area contributed by atoms with E-state index < -0.39 is 5.82 Å². The number of hydrogen-bond donors (Lipinski definition) is 1. The van der Waals surface area contributed by atoms with Gasteiger partial charge in [-0.3, -0.25) is 0 Å². The predicted octanol–water partition coefficient (Wildman–Crippen LogP) is 3.31. The Balaban J connectivity index is 2.38. The van der Waals surface area contributed by atoms with Crippen molar-refractivity contribution in [2.24, 2.45) is 0 Å². The molecule has 0 saturated heterocycles. The highest BCUT2D eigenvalue weighted by molar-refractivity contribution is 9.10. The summed E-state index contributed by atoms with van der Waals surface area (Å²) in [5.41, 5.74) is 0.300. The second kappa shape index (κ2) is 5.58. The van der Waals surface area contributed by atoms with Gasteiger partial charge in [0.2, 0.25) is 5.89 Å². The van der Waals surface area contributed by atoms with Crippen molar-refractivity contribution in [3.8, 4) is 11.5 Å². The monoisotopic (exact) mass is 313 g/mol. The van der Waals surface area contributed by atoms with Gasteiger partial charge < -0.3 is 9.73 Å². The lowest BCUT2D eigenvalue weighted by molar-refractivity contribution is 0.414. The van der Waals surface area contributed by atoms with E-state index in [0.717, 1.165) is 6.42 Å². The molecule has 1 heterocycles. The third-order valence-electron chi connectivity index (χ3n) is 2.68. The van der Waals surface area contributed by atoms with Gasteiger partial charge in [0.1, 0.15) is 5.82 Å². The van der Waals surface area contributed by atoms with E-state index in [1.807, 2.05) is 14.0 Å². The van der Waals surface area contributed by atoms with Crippen LogP contribution < -0.4 is 5.32 Å². The van der Waals surface area contributed by atoms with Crippen molar-refractivity contribution < 1.29 is 8.81 Å². The van der Waals surface area contributed by atoms with Crippen LogP contribution in [0.2, 0.25) is 0 Å². The van der Waals surface area contributed by atoms with Crippen LogP contribution in [0.5, 0.6) is 0 Å². The van der Waals surface area contributed by atoms with Crippen LogP contribution in [0.25, 0.3) is 11.5 Å². The van der Waals surface area contributed by atoms with Gasteiger partial charge in [0.25, 0.3) is 5.89 Å². The highest BCUT2D eigenvalue weighted by atomic mass is 79.9. The molecule has 0 saturated carbocycles. The molecule has 0 amide bonds. The molecule has 2 aromatic rings. The molecule has 6 heteroatoms. The highest BCUT2D eigenvalue weighted by Crippen LogP contribution is 2.28. The molecule has 1 N–H and O–H groups in total. The molecular formula is C12H13BrFN3O. The van der Waals surface area contributed by atoms with Crippen molar-refractivity contribution in [2.75, 3.05) is 7.05 Å². The summed E-state index contributed by atoms with van der Waals surface area (Å²) >= 11 is 3.13. The van der Waals surface area contributed by atoms with Gasteiger partial charge in [-0.05, 0) is 41.5 Å². The smallest absolute Gasteiger partial charge is 0.250 e. The molecule has 0 aliphatic carbocycles. The summed E-state index contributed by atoms with van der Waals surface area (Å²) < 4.78 is 19.8. The van der Waals surface area contributed by atoms with E-state index in [-0.39, 0.29) is 11.9 Å². The molecule has 2 rings (SSSR count). The van der Waals surface area contributed by atoms with Gasteiger partial charge in [-0.1, -0.05) is 13.0 Å². The van der Waals surface area contributed by atoms with Gasteiger partial charge in [-0.2, -0.15) is 0 Å². The molecule has 1 atom stereocenters. The number of nitrogens with one attached hydrogen (secondary N) is 1. The maximum atomic E-state index is 13.9. The molecule has 1 unspecified atom stereocenters. The molecule has 96 valence electrons. The minimum absolute atomic E-state index is 0.0125. The number of hydrogen-bond acceptors (Lipinski definition) is 4. The maximum absolute atomic E-state index is 13.9. The van der Waals surface area contributed by atoms with Gasteiger partial charge in [-0.25, -0.2) is 4.39 Å². The molecule has 0 radical (unpaired) electrons. The van der Waals surface area contributed by atoms with Crippen LogP contribution in [0.1, 0.15) is 25.3 Å². The first kappa shape index (κ1) is 13.2. The molecular weight excluding hydrogens is 301 g/mol. The van der Waals surface area contributed by atoms with E-state index in [4.69, 9.17) is 4.42 Å². The largest absolute Gasteiger partial charge is 0.419 e. The topological polar surface area (TPSA) is 51.0 Å². The van der Waals surface area contributed by atoms with Crippen LogP contribution in [0, 0.1) is 5.82 Å². The Kier molecular flexibility index (Phi) is 4.08. The standard InChI is InChI=1S/C12H13BrFN3O/c1-3-9(15-2)12-17-16-11(18-12)7-5-4-6-8(13)10(7)14/h4-6,9,15H,3H2,1-2H3. The molecule has 1 aromatic heterocycles. The van der Waals surface area contributed by atoms with E-state index in [1.54, 1.807) is 18.2 Å². The van der Waals surface area contributed by atoms with Crippen molar-refractivity contribution in [1.29, 1.82) is 0 Å². The normalized spacial score (nSPS) is 12.7. The van der Waals surface area contributed by atoms with Crippen molar-refractivity contribution >= 4 is 15.9 Å². The summed E-state index contributed by atoms with van der Waals surface area (Å²) in [6.07, 6.45) is 0.819. The van der Waals surface area contributed by atoms with Gasteiger partial charge >= 0.3 is 0 Å². The first-order chi connectivity index (χ1) is 8.67. The fraction of sp³-hybridized carbons (Fsp3) is 0.333. The summed E-state index contributed by atoms with van der Waals surface area (Å²) in [5.74, 6) is 0.261. The summed E-state index contributed by atoms with van der Waals surface area (Å²) in [7, 11) is 1.82. The fourth-order valence-electron chi connectivity index (χ4n) is 1.66. The predicted molar refractivity (Wildman–Crippen MR) is 69.5 cm³/mol. The third-order valence-corrected chi connectivity index (χ3v) is 3.29. The Labute approximate surface area is 113 Å². The minimum atomic E-state index is -0.398. The zero-order valence-electron chi connectivity index (χ0n) is 10.1. The molecule has 0 aliphatic heterocycles. The van der Waals surface area contributed by atoms with Gasteiger partial charge in [0, 0.05) is 0 Å².